The zero-order valence-corrected chi connectivity index (χ0v) is 13.2. The molecule has 1 atom stereocenters. The van der Waals surface area contributed by atoms with Gasteiger partial charge in [0.2, 0.25) is 5.91 Å². The molecule has 6 nitrogen and oxygen atoms in total. The lowest BCUT2D eigenvalue weighted by Crippen LogP contribution is -2.48. The number of nitrogens with one attached hydrogen (secondary N) is 2. The maximum absolute atomic E-state index is 12.3. The van der Waals surface area contributed by atoms with Crippen LogP contribution in [0.3, 0.4) is 0 Å². The zero-order chi connectivity index (χ0) is 16.4. The molecule has 0 aliphatic carbocycles. The normalized spacial score (nSPS) is 19.4. The standard InChI is InChI=1S/C18H19N3O3/c22-18(15-11-23-9-7-19-15)21-17-3-1-2-14(20-17)12-4-5-16-13(10-12)6-8-24-16/h1-5,10,15,19H,6-9,11H2,(H,20,21,22). The third-order valence-corrected chi connectivity index (χ3v) is 4.22. The molecule has 0 saturated carbocycles. The number of nitrogens with zero attached hydrogens (tertiary/aromatic N) is 1. The quantitative estimate of drug-likeness (QED) is 0.897. The SMILES string of the molecule is O=C(Nc1cccc(-c2ccc3c(c2)CCO3)n1)C1COCCN1. The van der Waals surface area contributed by atoms with E-state index < -0.39 is 0 Å². The maximum Gasteiger partial charge on any atom is 0.245 e. The van der Waals surface area contributed by atoms with Crippen LogP contribution in [0.25, 0.3) is 11.3 Å². The number of hydrogen-bond acceptors (Lipinski definition) is 5. The molecule has 2 aromatic rings. The molecule has 1 amide bonds. The number of carbonyl (C=O) groups is 1. The van der Waals surface area contributed by atoms with Crippen LogP contribution in [-0.2, 0) is 16.0 Å². The average Bonchev–Trinajstić information content (AvgIpc) is 3.10. The Morgan fingerprint density at radius 2 is 2.21 bits per heavy atom. The highest BCUT2D eigenvalue weighted by molar-refractivity contribution is 5.94. The number of ether oxygens (including phenoxy) is 2. The first-order valence-corrected chi connectivity index (χ1v) is 8.15. The number of anilines is 1. The van der Waals surface area contributed by atoms with Gasteiger partial charge in [-0.2, -0.15) is 0 Å². The summed E-state index contributed by atoms with van der Waals surface area (Å²) in [6, 6.07) is 11.4. The predicted molar refractivity (Wildman–Crippen MR) is 90.1 cm³/mol. The Morgan fingerprint density at radius 3 is 3.08 bits per heavy atom. The van der Waals surface area contributed by atoms with Crippen LogP contribution in [0.2, 0.25) is 0 Å². The van der Waals surface area contributed by atoms with Gasteiger partial charge in [0.25, 0.3) is 0 Å². The van der Waals surface area contributed by atoms with Crippen molar-refractivity contribution in [3.63, 3.8) is 0 Å². The first-order valence-electron chi connectivity index (χ1n) is 8.15. The highest BCUT2D eigenvalue weighted by Gasteiger charge is 2.21. The summed E-state index contributed by atoms with van der Waals surface area (Å²) < 4.78 is 10.9. The van der Waals surface area contributed by atoms with Gasteiger partial charge in [-0.1, -0.05) is 6.07 Å². The van der Waals surface area contributed by atoms with E-state index in [0.29, 0.717) is 25.6 Å². The Labute approximate surface area is 140 Å². The molecular formula is C18H19N3O3. The van der Waals surface area contributed by atoms with Crippen LogP contribution in [0.15, 0.2) is 36.4 Å². The lowest BCUT2D eigenvalue weighted by Gasteiger charge is -2.22. The summed E-state index contributed by atoms with van der Waals surface area (Å²) in [4.78, 5) is 16.8. The van der Waals surface area contributed by atoms with E-state index in [-0.39, 0.29) is 11.9 Å². The van der Waals surface area contributed by atoms with Crippen molar-refractivity contribution in [2.45, 2.75) is 12.5 Å². The molecule has 1 fully saturated rings. The van der Waals surface area contributed by atoms with Gasteiger partial charge in [0, 0.05) is 18.5 Å². The number of fused-ring (bicyclic) bond motifs is 1. The minimum atomic E-state index is -0.332. The number of morpholine rings is 1. The van der Waals surface area contributed by atoms with E-state index in [9.17, 15) is 4.79 Å². The molecule has 24 heavy (non-hydrogen) atoms. The Hall–Kier alpha value is -2.44. The second-order valence-corrected chi connectivity index (χ2v) is 5.90. The van der Waals surface area contributed by atoms with Crippen molar-refractivity contribution in [1.82, 2.24) is 10.3 Å². The van der Waals surface area contributed by atoms with Crippen molar-refractivity contribution in [1.29, 1.82) is 0 Å². The fourth-order valence-electron chi connectivity index (χ4n) is 2.96. The van der Waals surface area contributed by atoms with Crippen LogP contribution in [0.4, 0.5) is 5.82 Å². The number of rotatable bonds is 3. The van der Waals surface area contributed by atoms with E-state index in [1.807, 2.05) is 24.3 Å². The van der Waals surface area contributed by atoms with Gasteiger partial charge in [-0.3, -0.25) is 4.79 Å². The van der Waals surface area contributed by atoms with Crippen LogP contribution in [-0.4, -0.2) is 43.3 Å². The summed E-state index contributed by atoms with van der Waals surface area (Å²) >= 11 is 0. The van der Waals surface area contributed by atoms with Crippen molar-refractivity contribution in [3.05, 3.63) is 42.0 Å². The second-order valence-electron chi connectivity index (χ2n) is 5.90. The fourth-order valence-corrected chi connectivity index (χ4v) is 2.96. The molecule has 1 aromatic carbocycles. The third-order valence-electron chi connectivity index (χ3n) is 4.22. The van der Waals surface area contributed by atoms with Gasteiger partial charge in [0.1, 0.15) is 17.6 Å². The third kappa shape index (κ3) is 3.11. The van der Waals surface area contributed by atoms with E-state index in [1.54, 1.807) is 6.07 Å². The first-order chi connectivity index (χ1) is 11.8. The molecule has 2 aliphatic rings. The number of pyridine rings is 1. The Bertz CT molecular complexity index is 757. The molecule has 1 unspecified atom stereocenters. The number of carbonyl (C=O) groups excluding carboxylic acids is 1. The molecule has 1 saturated heterocycles. The average molecular weight is 325 g/mol. The molecule has 0 radical (unpaired) electrons. The van der Waals surface area contributed by atoms with Crippen LogP contribution >= 0.6 is 0 Å². The van der Waals surface area contributed by atoms with Crippen LogP contribution in [0, 0.1) is 0 Å². The number of benzene rings is 1. The predicted octanol–water partition coefficient (Wildman–Crippen LogP) is 1.61. The van der Waals surface area contributed by atoms with E-state index in [0.717, 1.165) is 30.0 Å². The molecule has 2 N–H and O–H groups in total. The van der Waals surface area contributed by atoms with Crippen molar-refractivity contribution in [2.24, 2.45) is 0 Å². The molecular weight excluding hydrogens is 306 g/mol. The van der Waals surface area contributed by atoms with Crippen LogP contribution < -0.4 is 15.4 Å². The van der Waals surface area contributed by atoms with Gasteiger partial charge in [-0.15, -0.1) is 0 Å². The highest BCUT2D eigenvalue weighted by atomic mass is 16.5. The van der Waals surface area contributed by atoms with Crippen molar-refractivity contribution >= 4 is 11.7 Å². The lowest BCUT2D eigenvalue weighted by molar-refractivity contribution is -0.120. The van der Waals surface area contributed by atoms with Gasteiger partial charge in [0.05, 0.1) is 25.5 Å². The summed E-state index contributed by atoms with van der Waals surface area (Å²) in [5, 5.41) is 5.99. The summed E-state index contributed by atoms with van der Waals surface area (Å²) in [6.45, 7) is 2.44. The molecule has 0 bridgehead atoms. The molecule has 2 aliphatic heterocycles. The van der Waals surface area contributed by atoms with Gasteiger partial charge in [0.15, 0.2) is 0 Å². The minimum absolute atomic E-state index is 0.123. The summed E-state index contributed by atoms with van der Waals surface area (Å²) in [5.74, 6) is 1.37. The van der Waals surface area contributed by atoms with Gasteiger partial charge in [-0.25, -0.2) is 4.98 Å². The summed E-state index contributed by atoms with van der Waals surface area (Å²) in [6.07, 6.45) is 0.924. The molecule has 4 rings (SSSR count). The molecule has 124 valence electrons. The second kappa shape index (κ2) is 6.59. The summed E-state index contributed by atoms with van der Waals surface area (Å²) in [5.41, 5.74) is 3.05. The monoisotopic (exact) mass is 325 g/mol. The van der Waals surface area contributed by atoms with E-state index in [4.69, 9.17) is 9.47 Å². The van der Waals surface area contributed by atoms with E-state index >= 15 is 0 Å². The van der Waals surface area contributed by atoms with Crippen molar-refractivity contribution in [3.8, 4) is 17.0 Å². The largest absolute Gasteiger partial charge is 0.493 e. The van der Waals surface area contributed by atoms with Gasteiger partial charge in [-0.05, 0) is 35.9 Å². The van der Waals surface area contributed by atoms with Gasteiger partial charge >= 0.3 is 0 Å². The Morgan fingerprint density at radius 1 is 1.25 bits per heavy atom. The smallest absolute Gasteiger partial charge is 0.245 e. The Balaban J connectivity index is 1.52. The molecule has 3 heterocycles. The van der Waals surface area contributed by atoms with E-state index in [2.05, 4.69) is 21.7 Å². The van der Waals surface area contributed by atoms with Crippen molar-refractivity contribution < 1.29 is 14.3 Å². The lowest BCUT2D eigenvalue weighted by atomic mass is 10.1. The minimum Gasteiger partial charge on any atom is -0.493 e. The van der Waals surface area contributed by atoms with Crippen molar-refractivity contribution in [2.75, 3.05) is 31.7 Å². The number of amides is 1. The number of aromatic nitrogens is 1. The Kier molecular flexibility index (Phi) is 4.15. The maximum atomic E-state index is 12.3. The topological polar surface area (TPSA) is 72.5 Å². The van der Waals surface area contributed by atoms with E-state index in [1.165, 1.54) is 5.56 Å². The van der Waals surface area contributed by atoms with Gasteiger partial charge < -0.3 is 20.1 Å². The van der Waals surface area contributed by atoms with Crippen LogP contribution in [0.1, 0.15) is 5.56 Å². The molecule has 0 spiro atoms. The van der Waals surface area contributed by atoms with Crippen LogP contribution in [0.5, 0.6) is 5.75 Å². The molecule has 1 aromatic heterocycles. The molecule has 6 heteroatoms. The highest BCUT2D eigenvalue weighted by Crippen LogP contribution is 2.30. The first kappa shape index (κ1) is 15.1. The zero-order valence-electron chi connectivity index (χ0n) is 13.2. The summed E-state index contributed by atoms with van der Waals surface area (Å²) in [7, 11) is 0. The number of hydrogen-bond donors (Lipinski definition) is 2. The fraction of sp³-hybridized carbons (Fsp3) is 0.333.